The van der Waals surface area contributed by atoms with Gasteiger partial charge in [-0.25, -0.2) is 0 Å². The second-order valence-electron chi connectivity index (χ2n) is 4.35. The van der Waals surface area contributed by atoms with E-state index in [0.717, 1.165) is 18.9 Å². The summed E-state index contributed by atoms with van der Waals surface area (Å²) in [5.74, 6) is 0. The van der Waals surface area contributed by atoms with Crippen molar-refractivity contribution >= 4 is 0 Å². The van der Waals surface area contributed by atoms with Crippen LogP contribution in [-0.2, 0) is 6.18 Å². The lowest BCUT2D eigenvalue weighted by molar-refractivity contribution is -0.137. The van der Waals surface area contributed by atoms with Gasteiger partial charge in [0.05, 0.1) is 5.56 Å². The molecule has 0 amide bonds. The molecular formula is C12H15F3N2. The first kappa shape index (κ1) is 12.4. The summed E-state index contributed by atoms with van der Waals surface area (Å²) in [6.45, 7) is 0.303. The molecule has 94 valence electrons. The highest BCUT2D eigenvalue weighted by atomic mass is 19.4. The maximum Gasteiger partial charge on any atom is 0.416 e. The number of alkyl halides is 3. The van der Waals surface area contributed by atoms with E-state index in [0.29, 0.717) is 18.2 Å². The van der Waals surface area contributed by atoms with Crippen LogP contribution < -0.4 is 11.1 Å². The van der Waals surface area contributed by atoms with Crippen molar-refractivity contribution in [2.75, 3.05) is 6.54 Å². The molecule has 0 heterocycles. The number of rotatable bonds is 4. The second kappa shape index (κ2) is 4.66. The lowest BCUT2D eigenvalue weighted by atomic mass is 10.0. The predicted octanol–water partition coefficient (Wildman–Crippen LogP) is 2.46. The number of nitrogens with one attached hydrogen (secondary N) is 1. The van der Waals surface area contributed by atoms with Crippen LogP contribution in [0.1, 0.15) is 30.0 Å². The molecule has 2 rings (SSSR count). The number of benzene rings is 1. The molecular weight excluding hydrogens is 229 g/mol. The molecule has 5 heteroatoms. The third-order valence-corrected chi connectivity index (χ3v) is 2.87. The summed E-state index contributed by atoms with van der Waals surface area (Å²) in [5.41, 5.74) is 5.58. The summed E-state index contributed by atoms with van der Waals surface area (Å²) >= 11 is 0. The van der Waals surface area contributed by atoms with Crippen molar-refractivity contribution in [2.24, 2.45) is 5.73 Å². The third kappa shape index (κ3) is 3.20. The van der Waals surface area contributed by atoms with Crippen molar-refractivity contribution in [3.05, 3.63) is 35.4 Å². The van der Waals surface area contributed by atoms with E-state index in [9.17, 15) is 13.2 Å². The van der Waals surface area contributed by atoms with Gasteiger partial charge < -0.3 is 11.1 Å². The van der Waals surface area contributed by atoms with Crippen LogP contribution in [-0.4, -0.2) is 12.6 Å². The molecule has 3 N–H and O–H groups in total. The Labute approximate surface area is 98.0 Å². The van der Waals surface area contributed by atoms with Crippen LogP contribution >= 0.6 is 0 Å². The second-order valence-corrected chi connectivity index (χ2v) is 4.35. The summed E-state index contributed by atoms with van der Waals surface area (Å²) in [6, 6.07) is 5.58. The van der Waals surface area contributed by atoms with Gasteiger partial charge in [-0.2, -0.15) is 13.2 Å². The van der Waals surface area contributed by atoms with E-state index in [4.69, 9.17) is 5.73 Å². The summed E-state index contributed by atoms with van der Waals surface area (Å²) in [7, 11) is 0. The van der Waals surface area contributed by atoms with E-state index in [1.165, 1.54) is 12.1 Å². The minimum absolute atomic E-state index is 0.190. The maximum atomic E-state index is 12.6. The molecule has 17 heavy (non-hydrogen) atoms. The number of hydrogen-bond donors (Lipinski definition) is 2. The normalized spacial score (nSPS) is 18.1. The molecule has 0 spiro atoms. The molecule has 1 aliphatic rings. The van der Waals surface area contributed by atoms with Gasteiger partial charge in [-0.3, -0.25) is 0 Å². The van der Waals surface area contributed by atoms with E-state index >= 15 is 0 Å². The third-order valence-electron chi connectivity index (χ3n) is 2.87. The minimum Gasteiger partial charge on any atom is -0.329 e. The van der Waals surface area contributed by atoms with Gasteiger partial charge in [-0.15, -0.1) is 0 Å². The van der Waals surface area contributed by atoms with Gasteiger partial charge in [0.2, 0.25) is 0 Å². The highest BCUT2D eigenvalue weighted by Crippen LogP contribution is 2.31. The van der Waals surface area contributed by atoms with E-state index < -0.39 is 11.7 Å². The van der Waals surface area contributed by atoms with E-state index in [1.54, 1.807) is 6.07 Å². The summed E-state index contributed by atoms with van der Waals surface area (Å²) in [6.07, 6.45) is -2.14. The van der Waals surface area contributed by atoms with Gasteiger partial charge in [-0.05, 0) is 30.5 Å². The van der Waals surface area contributed by atoms with Gasteiger partial charge >= 0.3 is 6.18 Å². The quantitative estimate of drug-likeness (QED) is 0.853. The molecule has 1 fully saturated rings. The maximum absolute atomic E-state index is 12.6. The summed E-state index contributed by atoms with van der Waals surface area (Å²) < 4.78 is 37.7. The van der Waals surface area contributed by atoms with Crippen molar-refractivity contribution in [2.45, 2.75) is 31.1 Å². The fraction of sp³-hybridized carbons (Fsp3) is 0.500. The first-order valence-corrected chi connectivity index (χ1v) is 5.64. The zero-order valence-corrected chi connectivity index (χ0v) is 9.30. The molecule has 2 nitrogen and oxygen atoms in total. The van der Waals surface area contributed by atoms with Gasteiger partial charge in [0, 0.05) is 18.6 Å². The highest BCUT2D eigenvalue weighted by molar-refractivity contribution is 5.28. The Kier molecular flexibility index (Phi) is 3.40. The Hall–Kier alpha value is -1.07. The Morgan fingerprint density at radius 2 is 2.06 bits per heavy atom. The molecule has 1 unspecified atom stereocenters. The van der Waals surface area contributed by atoms with Crippen LogP contribution in [0.3, 0.4) is 0 Å². The number of hydrogen-bond acceptors (Lipinski definition) is 2. The van der Waals surface area contributed by atoms with Crippen LogP contribution in [0.15, 0.2) is 24.3 Å². The van der Waals surface area contributed by atoms with E-state index in [-0.39, 0.29) is 6.04 Å². The summed E-state index contributed by atoms with van der Waals surface area (Å²) in [4.78, 5) is 0. The largest absolute Gasteiger partial charge is 0.416 e. The molecule has 1 aromatic rings. The summed E-state index contributed by atoms with van der Waals surface area (Å²) in [5, 5.41) is 3.24. The molecule has 0 aliphatic heterocycles. The number of halogens is 3. The fourth-order valence-electron chi connectivity index (χ4n) is 1.77. The van der Waals surface area contributed by atoms with Crippen molar-refractivity contribution in [1.29, 1.82) is 0 Å². The van der Waals surface area contributed by atoms with Crippen LogP contribution in [0.5, 0.6) is 0 Å². The smallest absolute Gasteiger partial charge is 0.329 e. The highest BCUT2D eigenvalue weighted by Gasteiger charge is 2.31. The van der Waals surface area contributed by atoms with Crippen molar-refractivity contribution in [3.63, 3.8) is 0 Å². The van der Waals surface area contributed by atoms with Crippen LogP contribution in [0.25, 0.3) is 0 Å². The van der Waals surface area contributed by atoms with E-state index in [2.05, 4.69) is 5.32 Å². The standard InChI is InChI=1S/C12H15F3N2/c13-12(14,15)9-3-1-2-8(6-9)11(7-16)17-10-4-5-10/h1-3,6,10-11,17H,4-5,7,16H2. The Bertz CT molecular complexity index is 386. The molecule has 0 saturated heterocycles. The van der Waals surface area contributed by atoms with Crippen LogP contribution in [0, 0.1) is 0 Å². The first-order chi connectivity index (χ1) is 8.00. The Morgan fingerprint density at radius 3 is 2.59 bits per heavy atom. The molecule has 1 aromatic carbocycles. The van der Waals surface area contributed by atoms with Crippen molar-refractivity contribution in [3.8, 4) is 0 Å². The van der Waals surface area contributed by atoms with Gasteiger partial charge in [0.15, 0.2) is 0 Å². The van der Waals surface area contributed by atoms with E-state index in [1.807, 2.05) is 0 Å². The van der Waals surface area contributed by atoms with Crippen LogP contribution in [0.4, 0.5) is 13.2 Å². The zero-order chi connectivity index (χ0) is 12.5. The molecule has 1 atom stereocenters. The molecule has 0 bridgehead atoms. The lowest BCUT2D eigenvalue weighted by Crippen LogP contribution is -2.30. The molecule has 0 radical (unpaired) electrons. The SMILES string of the molecule is NCC(NC1CC1)c1cccc(C(F)(F)F)c1. The topological polar surface area (TPSA) is 38.0 Å². The first-order valence-electron chi connectivity index (χ1n) is 5.64. The fourth-order valence-corrected chi connectivity index (χ4v) is 1.77. The lowest BCUT2D eigenvalue weighted by Gasteiger charge is -2.18. The van der Waals surface area contributed by atoms with Gasteiger partial charge in [0.1, 0.15) is 0 Å². The van der Waals surface area contributed by atoms with Crippen LogP contribution in [0.2, 0.25) is 0 Å². The number of nitrogens with two attached hydrogens (primary N) is 1. The molecule has 1 saturated carbocycles. The van der Waals surface area contributed by atoms with Gasteiger partial charge in [-0.1, -0.05) is 12.1 Å². The van der Waals surface area contributed by atoms with Crippen molar-refractivity contribution in [1.82, 2.24) is 5.32 Å². The molecule has 1 aliphatic carbocycles. The van der Waals surface area contributed by atoms with Gasteiger partial charge in [0.25, 0.3) is 0 Å². The monoisotopic (exact) mass is 244 g/mol. The Balaban J connectivity index is 2.18. The predicted molar refractivity (Wildman–Crippen MR) is 59.4 cm³/mol. The molecule has 0 aromatic heterocycles. The van der Waals surface area contributed by atoms with Crippen molar-refractivity contribution < 1.29 is 13.2 Å². The Morgan fingerprint density at radius 1 is 1.35 bits per heavy atom. The average Bonchev–Trinajstić information content (AvgIpc) is 3.09. The zero-order valence-electron chi connectivity index (χ0n) is 9.30. The average molecular weight is 244 g/mol. The minimum atomic E-state index is -4.30.